The Morgan fingerprint density at radius 3 is 2.78 bits per heavy atom. The molecule has 0 bridgehead atoms. The fourth-order valence-corrected chi connectivity index (χ4v) is 1.38. The number of rotatable bonds is 9. The molecular formula is C14H18O4. The van der Waals surface area contributed by atoms with E-state index in [4.69, 9.17) is 14.6 Å². The van der Waals surface area contributed by atoms with Gasteiger partial charge in [-0.1, -0.05) is 18.2 Å². The smallest absolute Gasteiger partial charge is 0.339 e. The average Bonchev–Trinajstić information content (AvgIpc) is 2.38. The number of ether oxygens (including phenoxy) is 2. The van der Waals surface area contributed by atoms with Crippen LogP contribution in [-0.4, -0.2) is 30.9 Å². The van der Waals surface area contributed by atoms with E-state index < -0.39 is 5.97 Å². The van der Waals surface area contributed by atoms with Crippen LogP contribution in [-0.2, 0) is 4.74 Å². The summed E-state index contributed by atoms with van der Waals surface area (Å²) in [6, 6.07) is 6.61. The first kappa shape index (κ1) is 14.3. The summed E-state index contributed by atoms with van der Waals surface area (Å²) in [7, 11) is 0. The van der Waals surface area contributed by atoms with Gasteiger partial charge in [-0.25, -0.2) is 4.79 Å². The number of hydrogen-bond donors (Lipinski definition) is 1. The summed E-state index contributed by atoms with van der Waals surface area (Å²) in [6.07, 6.45) is 3.37. The fourth-order valence-electron chi connectivity index (χ4n) is 1.38. The predicted molar refractivity (Wildman–Crippen MR) is 69.1 cm³/mol. The lowest BCUT2D eigenvalue weighted by molar-refractivity contribution is 0.0691. The Balaban J connectivity index is 2.27. The van der Waals surface area contributed by atoms with E-state index in [0.717, 1.165) is 12.8 Å². The molecule has 18 heavy (non-hydrogen) atoms. The van der Waals surface area contributed by atoms with Crippen molar-refractivity contribution < 1.29 is 19.4 Å². The third-order valence-electron chi connectivity index (χ3n) is 2.27. The number of benzene rings is 1. The number of carbonyl (C=O) groups is 1. The van der Waals surface area contributed by atoms with Gasteiger partial charge >= 0.3 is 5.97 Å². The Bertz CT molecular complexity index is 387. The molecular weight excluding hydrogens is 232 g/mol. The summed E-state index contributed by atoms with van der Waals surface area (Å²) in [5.41, 5.74) is 0.185. The minimum Gasteiger partial charge on any atom is -0.493 e. The number of aromatic carboxylic acids is 1. The number of carboxylic acid groups (broad SMARTS) is 1. The van der Waals surface area contributed by atoms with Gasteiger partial charge in [0.25, 0.3) is 0 Å². The van der Waals surface area contributed by atoms with Crippen LogP contribution < -0.4 is 4.74 Å². The van der Waals surface area contributed by atoms with Crippen molar-refractivity contribution in [3.8, 4) is 5.75 Å². The number of para-hydroxylation sites is 1. The van der Waals surface area contributed by atoms with Crippen LogP contribution in [0.5, 0.6) is 5.75 Å². The van der Waals surface area contributed by atoms with Crippen molar-refractivity contribution >= 4 is 5.97 Å². The molecule has 0 saturated heterocycles. The van der Waals surface area contributed by atoms with Crippen molar-refractivity contribution in [1.82, 2.24) is 0 Å². The SMILES string of the molecule is C=CCCOCCCOc1ccccc1C(=O)O. The van der Waals surface area contributed by atoms with Crippen LogP contribution in [0.4, 0.5) is 0 Å². The molecule has 0 unspecified atom stereocenters. The molecule has 0 spiro atoms. The molecule has 4 nitrogen and oxygen atoms in total. The lowest BCUT2D eigenvalue weighted by Gasteiger charge is -2.08. The van der Waals surface area contributed by atoms with Crippen LogP contribution in [0.15, 0.2) is 36.9 Å². The summed E-state index contributed by atoms with van der Waals surface area (Å²) in [5.74, 6) is -0.580. The largest absolute Gasteiger partial charge is 0.493 e. The molecule has 4 heteroatoms. The van der Waals surface area contributed by atoms with Gasteiger partial charge in [-0.2, -0.15) is 0 Å². The predicted octanol–water partition coefficient (Wildman–Crippen LogP) is 2.75. The normalized spacial score (nSPS) is 10.0. The van der Waals surface area contributed by atoms with Crippen LogP contribution in [0.3, 0.4) is 0 Å². The molecule has 0 fully saturated rings. The van der Waals surface area contributed by atoms with Crippen LogP contribution in [0.1, 0.15) is 23.2 Å². The molecule has 0 aliphatic rings. The van der Waals surface area contributed by atoms with Crippen molar-refractivity contribution in [3.63, 3.8) is 0 Å². The van der Waals surface area contributed by atoms with Crippen molar-refractivity contribution in [1.29, 1.82) is 0 Å². The average molecular weight is 250 g/mol. The second kappa shape index (κ2) is 8.31. The topological polar surface area (TPSA) is 55.8 Å². The highest BCUT2D eigenvalue weighted by atomic mass is 16.5. The standard InChI is InChI=1S/C14H18O4/c1-2-3-9-17-10-6-11-18-13-8-5-4-7-12(13)14(15)16/h2,4-5,7-8H,1,3,6,9-11H2,(H,15,16). The minimum absolute atomic E-state index is 0.185. The number of carboxylic acids is 1. The van der Waals surface area contributed by atoms with Gasteiger partial charge in [0.05, 0.1) is 6.61 Å². The third kappa shape index (κ3) is 5.01. The Morgan fingerprint density at radius 1 is 1.28 bits per heavy atom. The second-order valence-electron chi connectivity index (χ2n) is 3.69. The van der Waals surface area contributed by atoms with Crippen molar-refractivity contribution in [2.45, 2.75) is 12.8 Å². The molecule has 0 radical (unpaired) electrons. The third-order valence-corrected chi connectivity index (χ3v) is 2.27. The van der Waals surface area contributed by atoms with Gasteiger partial charge in [0.2, 0.25) is 0 Å². The Labute approximate surface area is 107 Å². The molecule has 0 aliphatic carbocycles. The quantitative estimate of drug-likeness (QED) is 0.541. The summed E-state index contributed by atoms with van der Waals surface area (Å²) < 4.78 is 10.7. The number of hydrogen-bond acceptors (Lipinski definition) is 3. The van der Waals surface area contributed by atoms with Crippen molar-refractivity contribution in [2.75, 3.05) is 19.8 Å². The maximum Gasteiger partial charge on any atom is 0.339 e. The summed E-state index contributed by atoms with van der Waals surface area (Å²) in [5, 5.41) is 8.95. The molecule has 0 amide bonds. The van der Waals surface area contributed by atoms with E-state index in [0.29, 0.717) is 25.6 Å². The molecule has 1 aromatic rings. The van der Waals surface area contributed by atoms with Crippen LogP contribution in [0, 0.1) is 0 Å². The first-order valence-electron chi connectivity index (χ1n) is 5.89. The highest BCUT2D eigenvalue weighted by Crippen LogP contribution is 2.17. The summed E-state index contributed by atoms with van der Waals surface area (Å²) >= 11 is 0. The van der Waals surface area contributed by atoms with Gasteiger partial charge in [0.15, 0.2) is 0 Å². The zero-order chi connectivity index (χ0) is 13.2. The molecule has 0 heterocycles. The van der Waals surface area contributed by atoms with Crippen molar-refractivity contribution in [2.24, 2.45) is 0 Å². The maximum atomic E-state index is 10.9. The molecule has 1 aromatic carbocycles. The first-order valence-corrected chi connectivity index (χ1v) is 5.89. The van der Waals surface area contributed by atoms with Gasteiger partial charge in [-0.15, -0.1) is 6.58 Å². The van der Waals surface area contributed by atoms with E-state index in [-0.39, 0.29) is 5.56 Å². The molecule has 0 atom stereocenters. The van der Waals surface area contributed by atoms with Gasteiger partial charge < -0.3 is 14.6 Å². The second-order valence-corrected chi connectivity index (χ2v) is 3.69. The lowest BCUT2D eigenvalue weighted by atomic mass is 10.2. The van der Waals surface area contributed by atoms with E-state index in [1.54, 1.807) is 24.3 Å². The zero-order valence-electron chi connectivity index (χ0n) is 10.3. The van der Waals surface area contributed by atoms with Gasteiger partial charge in [-0.3, -0.25) is 0 Å². The highest BCUT2D eigenvalue weighted by molar-refractivity contribution is 5.90. The first-order chi connectivity index (χ1) is 8.75. The molecule has 0 aromatic heterocycles. The van der Waals surface area contributed by atoms with Crippen LogP contribution >= 0.6 is 0 Å². The molecule has 1 N–H and O–H groups in total. The van der Waals surface area contributed by atoms with E-state index >= 15 is 0 Å². The Morgan fingerprint density at radius 2 is 2.06 bits per heavy atom. The van der Waals surface area contributed by atoms with Crippen LogP contribution in [0.25, 0.3) is 0 Å². The summed E-state index contributed by atoms with van der Waals surface area (Å²) in [4.78, 5) is 10.9. The van der Waals surface area contributed by atoms with E-state index in [1.807, 2.05) is 0 Å². The van der Waals surface area contributed by atoms with Gasteiger partial charge in [-0.05, 0) is 18.6 Å². The Hall–Kier alpha value is -1.81. The molecule has 0 saturated carbocycles. The van der Waals surface area contributed by atoms with Crippen molar-refractivity contribution in [3.05, 3.63) is 42.5 Å². The van der Waals surface area contributed by atoms with E-state index in [1.165, 1.54) is 6.07 Å². The lowest BCUT2D eigenvalue weighted by Crippen LogP contribution is -2.07. The van der Waals surface area contributed by atoms with Gasteiger partial charge in [0.1, 0.15) is 11.3 Å². The molecule has 1 rings (SSSR count). The van der Waals surface area contributed by atoms with Crippen LogP contribution in [0.2, 0.25) is 0 Å². The van der Waals surface area contributed by atoms with E-state index in [2.05, 4.69) is 6.58 Å². The highest BCUT2D eigenvalue weighted by Gasteiger charge is 2.09. The maximum absolute atomic E-state index is 10.9. The molecule has 98 valence electrons. The Kier molecular flexibility index (Phi) is 6.58. The summed E-state index contributed by atoms with van der Waals surface area (Å²) in [6.45, 7) is 5.31. The van der Waals surface area contributed by atoms with E-state index in [9.17, 15) is 4.79 Å². The van der Waals surface area contributed by atoms with Gasteiger partial charge in [0, 0.05) is 19.6 Å². The minimum atomic E-state index is -0.979. The zero-order valence-corrected chi connectivity index (χ0v) is 10.3. The monoisotopic (exact) mass is 250 g/mol. The fraction of sp³-hybridized carbons (Fsp3) is 0.357. The molecule has 0 aliphatic heterocycles.